The van der Waals surface area contributed by atoms with Gasteiger partial charge in [0.05, 0.1) is 16.8 Å². The van der Waals surface area contributed by atoms with E-state index >= 15 is 0 Å². The summed E-state index contributed by atoms with van der Waals surface area (Å²) in [5.74, 6) is 0.815. The van der Waals surface area contributed by atoms with Crippen molar-refractivity contribution in [3.8, 4) is 12.3 Å². The van der Waals surface area contributed by atoms with Crippen LogP contribution in [0.25, 0.3) is 10.2 Å². The number of rotatable bonds is 2. The van der Waals surface area contributed by atoms with Crippen molar-refractivity contribution in [3.63, 3.8) is 0 Å². The summed E-state index contributed by atoms with van der Waals surface area (Å²) in [7, 11) is 0. The minimum absolute atomic E-state index is 0.0742. The zero-order chi connectivity index (χ0) is 16.4. The van der Waals surface area contributed by atoms with Gasteiger partial charge < -0.3 is 4.57 Å². The van der Waals surface area contributed by atoms with Gasteiger partial charge in [-0.25, -0.2) is 8.78 Å². The first-order chi connectivity index (χ1) is 11.1. The van der Waals surface area contributed by atoms with Gasteiger partial charge in [0.25, 0.3) is 5.91 Å². The van der Waals surface area contributed by atoms with Gasteiger partial charge in [-0.3, -0.25) is 4.79 Å². The molecular weight excluding hydrogens is 318 g/mol. The van der Waals surface area contributed by atoms with E-state index in [1.165, 1.54) is 10.6 Å². The van der Waals surface area contributed by atoms with E-state index in [1.807, 2.05) is 0 Å². The fourth-order valence-electron chi connectivity index (χ4n) is 2.99. The third-order valence-corrected chi connectivity index (χ3v) is 5.13. The Labute approximate surface area is 136 Å². The predicted molar refractivity (Wildman–Crippen MR) is 85.7 cm³/mol. The van der Waals surface area contributed by atoms with Gasteiger partial charge >= 0.3 is 0 Å². The third-order valence-electron chi connectivity index (χ3n) is 4.10. The van der Waals surface area contributed by atoms with Crippen LogP contribution in [0.3, 0.4) is 0 Å². The average Bonchev–Trinajstić information content (AvgIpc) is 2.86. The maximum absolute atomic E-state index is 14.1. The molecule has 2 aromatic rings. The lowest BCUT2D eigenvalue weighted by Crippen LogP contribution is -2.22. The van der Waals surface area contributed by atoms with E-state index in [0.29, 0.717) is 9.50 Å². The molecule has 0 bridgehead atoms. The number of carbonyl (C=O) groups excluding carboxylic acids is 1. The molecule has 0 spiro atoms. The van der Waals surface area contributed by atoms with E-state index in [0.717, 1.165) is 49.5 Å². The number of amides is 1. The minimum Gasteiger partial charge on any atom is -0.302 e. The first-order valence-electron chi connectivity index (χ1n) is 7.60. The van der Waals surface area contributed by atoms with Crippen molar-refractivity contribution in [3.05, 3.63) is 28.6 Å². The number of halogens is 2. The van der Waals surface area contributed by atoms with Crippen LogP contribution in [0.2, 0.25) is 0 Å². The van der Waals surface area contributed by atoms with E-state index in [9.17, 15) is 13.6 Å². The van der Waals surface area contributed by atoms with Crippen molar-refractivity contribution in [1.29, 1.82) is 0 Å². The van der Waals surface area contributed by atoms with Crippen molar-refractivity contribution < 1.29 is 13.6 Å². The number of thiazole rings is 1. The fourth-order valence-corrected chi connectivity index (χ4v) is 4.06. The van der Waals surface area contributed by atoms with Crippen LogP contribution in [0.15, 0.2) is 17.1 Å². The number of benzene rings is 1. The summed E-state index contributed by atoms with van der Waals surface area (Å²) in [6.45, 7) is 0.0827. The number of fused-ring (bicyclic) bond motifs is 1. The molecule has 0 radical (unpaired) electrons. The summed E-state index contributed by atoms with van der Waals surface area (Å²) in [6, 6.07) is 2.05. The Balaban J connectivity index is 2.10. The fraction of sp³-hybridized carbons (Fsp3) is 0.412. The summed E-state index contributed by atoms with van der Waals surface area (Å²) in [5, 5.41) is 0. The standard InChI is InChI=1S/C17H16F2N2OS/c1-2-8-21-15-13(19)9-12(18)10-14(15)23-17(21)20-16(22)11-6-4-3-5-7-11/h1,9-11H,3-8H2. The number of terminal acetylenes is 1. The molecule has 6 heteroatoms. The van der Waals surface area contributed by atoms with Gasteiger partial charge in [-0.05, 0) is 18.9 Å². The Hall–Kier alpha value is -2.00. The van der Waals surface area contributed by atoms with Gasteiger partial charge in [-0.1, -0.05) is 36.5 Å². The minimum atomic E-state index is -0.696. The van der Waals surface area contributed by atoms with Crippen LogP contribution in [-0.4, -0.2) is 10.5 Å². The Morgan fingerprint density at radius 1 is 1.35 bits per heavy atom. The molecule has 1 saturated carbocycles. The van der Waals surface area contributed by atoms with Crippen molar-refractivity contribution in [2.24, 2.45) is 10.9 Å². The first-order valence-corrected chi connectivity index (χ1v) is 8.42. The molecule has 0 aliphatic heterocycles. The van der Waals surface area contributed by atoms with Crippen LogP contribution in [0, 0.1) is 29.9 Å². The maximum atomic E-state index is 14.1. The second-order valence-electron chi connectivity index (χ2n) is 5.69. The molecule has 3 rings (SSSR count). The molecule has 3 nitrogen and oxygen atoms in total. The Kier molecular flexibility index (Phi) is 4.58. The molecule has 1 aliphatic carbocycles. The number of carbonyl (C=O) groups is 1. The summed E-state index contributed by atoms with van der Waals surface area (Å²) >= 11 is 1.08. The lowest BCUT2D eigenvalue weighted by Gasteiger charge is -2.17. The molecular formula is C17H16F2N2OS. The summed E-state index contributed by atoms with van der Waals surface area (Å²) in [6.07, 6.45) is 10.2. The van der Waals surface area contributed by atoms with Gasteiger partial charge in [0.15, 0.2) is 10.6 Å². The van der Waals surface area contributed by atoms with E-state index in [1.54, 1.807) is 0 Å². The molecule has 1 amide bonds. The highest BCUT2D eigenvalue weighted by molar-refractivity contribution is 7.16. The molecule has 1 heterocycles. The molecule has 1 aromatic heterocycles. The second kappa shape index (κ2) is 6.63. The SMILES string of the molecule is C#CCn1c(=NC(=O)C2CCCCC2)sc2cc(F)cc(F)c21. The van der Waals surface area contributed by atoms with Crippen molar-refractivity contribution >= 4 is 27.5 Å². The van der Waals surface area contributed by atoms with Gasteiger partial charge in [-0.2, -0.15) is 4.99 Å². The highest BCUT2D eigenvalue weighted by Crippen LogP contribution is 2.25. The number of hydrogen-bond acceptors (Lipinski definition) is 2. The number of hydrogen-bond donors (Lipinski definition) is 0. The average molecular weight is 334 g/mol. The summed E-state index contributed by atoms with van der Waals surface area (Å²) in [4.78, 5) is 16.9. The zero-order valence-electron chi connectivity index (χ0n) is 12.5. The highest BCUT2D eigenvalue weighted by Gasteiger charge is 2.21. The highest BCUT2D eigenvalue weighted by atomic mass is 32.1. The van der Waals surface area contributed by atoms with Gasteiger partial charge in [-0.15, -0.1) is 6.42 Å². The molecule has 0 atom stereocenters. The molecule has 1 aliphatic rings. The molecule has 23 heavy (non-hydrogen) atoms. The lowest BCUT2D eigenvalue weighted by atomic mass is 9.89. The molecule has 0 unspecified atom stereocenters. The Morgan fingerprint density at radius 3 is 2.78 bits per heavy atom. The zero-order valence-corrected chi connectivity index (χ0v) is 13.3. The first kappa shape index (κ1) is 15.9. The van der Waals surface area contributed by atoms with Crippen LogP contribution < -0.4 is 4.80 Å². The Morgan fingerprint density at radius 2 is 2.09 bits per heavy atom. The summed E-state index contributed by atoms with van der Waals surface area (Å²) < 4.78 is 29.3. The van der Waals surface area contributed by atoms with Crippen molar-refractivity contribution in [2.75, 3.05) is 0 Å². The monoisotopic (exact) mass is 334 g/mol. The lowest BCUT2D eigenvalue weighted by molar-refractivity contribution is -0.122. The Bertz CT molecular complexity index is 854. The largest absolute Gasteiger partial charge is 0.302 e. The van der Waals surface area contributed by atoms with Gasteiger partial charge in [0, 0.05) is 12.0 Å². The van der Waals surface area contributed by atoms with Crippen LogP contribution in [0.5, 0.6) is 0 Å². The quantitative estimate of drug-likeness (QED) is 0.773. The molecule has 0 saturated heterocycles. The normalized spacial score (nSPS) is 16.7. The number of aromatic nitrogens is 1. The molecule has 1 fully saturated rings. The second-order valence-corrected chi connectivity index (χ2v) is 6.70. The van der Waals surface area contributed by atoms with E-state index in [2.05, 4.69) is 10.9 Å². The van der Waals surface area contributed by atoms with E-state index in [-0.39, 0.29) is 23.9 Å². The summed E-state index contributed by atoms with van der Waals surface area (Å²) in [5.41, 5.74) is 0.199. The topological polar surface area (TPSA) is 34.4 Å². The van der Waals surface area contributed by atoms with E-state index < -0.39 is 11.6 Å². The maximum Gasteiger partial charge on any atom is 0.251 e. The molecule has 120 valence electrons. The predicted octanol–water partition coefficient (Wildman–Crippen LogP) is 3.62. The van der Waals surface area contributed by atoms with Crippen LogP contribution in [0.1, 0.15) is 32.1 Å². The van der Waals surface area contributed by atoms with Gasteiger partial charge in [0.2, 0.25) is 0 Å². The van der Waals surface area contributed by atoms with Crippen LogP contribution >= 0.6 is 11.3 Å². The van der Waals surface area contributed by atoms with Gasteiger partial charge in [0.1, 0.15) is 5.82 Å². The van der Waals surface area contributed by atoms with E-state index in [4.69, 9.17) is 6.42 Å². The third kappa shape index (κ3) is 3.20. The molecule has 0 N–H and O–H groups in total. The van der Waals surface area contributed by atoms with Crippen molar-refractivity contribution in [2.45, 2.75) is 38.6 Å². The number of nitrogens with zero attached hydrogens (tertiary/aromatic N) is 2. The van der Waals surface area contributed by atoms with Crippen molar-refractivity contribution in [1.82, 2.24) is 4.57 Å². The van der Waals surface area contributed by atoms with Crippen LogP contribution in [-0.2, 0) is 11.3 Å². The van der Waals surface area contributed by atoms with Crippen LogP contribution in [0.4, 0.5) is 8.78 Å². The molecule has 1 aromatic carbocycles. The smallest absolute Gasteiger partial charge is 0.251 e.